The van der Waals surface area contributed by atoms with Crippen molar-refractivity contribution in [2.75, 3.05) is 19.7 Å². The number of carbonyl (C=O) groups excluding carboxylic acids is 1. The first-order valence-corrected chi connectivity index (χ1v) is 12.8. The van der Waals surface area contributed by atoms with Gasteiger partial charge in [-0.2, -0.15) is 0 Å². The fraction of sp³-hybridized carbons (Fsp3) is 0.500. The number of likely N-dealkylation sites (N-methyl/N-ethyl adjacent to an activating group) is 1. The Morgan fingerprint density at radius 2 is 1.94 bits per heavy atom. The van der Waals surface area contributed by atoms with E-state index in [1.165, 1.54) is 11.1 Å². The Morgan fingerprint density at radius 1 is 1.12 bits per heavy atom. The van der Waals surface area contributed by atoms with Gasteiger partial charge in [0.05, 0.1) is 12.0 Å². The van der Waals surface area contributed by atoms with E-state index in [-0.39, 0.29) is 42.0 Å². The van der Waals surface area contributed by atoms with Crippen LogP contribution in [0.4, 0.5) is 0 Å². The molecular weight excluding hydrogens is 426 g/mol. The lowest BCUT2D eigenvalue weighted by molar-refractivity contribution is -0.139. The molecule has 3 aliphatic heterocycles. The van der Waals surface area contributed by atoms with Crippen LogP contribution in [0.1, 0.15) is 54.6 Å². The smallest absolute Gasteiger partial charge is 0.258 e. The van der Waals surface area contributed by atoms with Crippen LogP contribution < -0.4 is 5.56 Å². The lowest BCUT2D eigenvalue weighted by Gasteiger charge is -2.38. The molecule has 6 heteroatoms. The molecule has 1 aromatic carbocycles. The SMILES string of the molecule is CCN1[C@@H]2Cn3c(ccc(C4=CCCC4)c3=O)[C@H]1[C@@H](C(=O)N1CCc3ccccc3C1)[C@@H]2CO. The number of aliphatic hydroxyl groups excluding tert-OH is 1. The lowest BCUT2D eigenvalue weighted by atomic mass is 9.85. The fourth-order valence-corrected chi connectivity index (χ4v) is 6.99. The van der Waals surface area contributed by atoms with Gasteiger partial charge in [0.15, 0.2) is 0 Å². The summed E-state index contributed by atoms with van der Waals surface area (Å²) in [6.45, 7) is 4.72. The molecular formula is C28H33N3O3. The quantitative estimate of drug-likeness (QED) is 0.764. The van der Waals surface area contributed by atoms with Crippen LogP contribution in [0.15, 0.2) is 47.3 Å². The predicted octanol–water partition coefficient (Wildman–Crippen LogP) is 2.98. The van der Waals surface area contributed by atoms with Gasteiger partial charge in [0.1, 0.15) is 0 Å². The zero-order valence-electron chi connectivity index (χ0n) is 19.8. The van der Waals surface area contributed by atoms with Crippen LogP contribution >= 0.6 is 0 Å². The summed E-state index contributed by atoms with van der Waals surface area (Å²) in [4.78, 5) is 31.9. The number of rotatable bonds is 4. The van der Waals surface area contributed by atoms with Gasteiger partial charge >= 0.3 is 0 Å². The van der Waals surface area contributed by atoms with E-state index in [0.717, 1.165) is 49.1 Å². The second kappa shape index (κ2) is 8.51. The largest absolute Gasteiger partial charge is 0.396 e. The summed E-state index contributed by atoms with van der Waals surface area (Å²) in [5.74, 6) is -0.407. The number of carbonyl (C=O) groups is 1. The number of hydrogen-bond acceptors (Lipinski definition) is 4. The average Bonchev–Trinajstić information content (AvgIpc) is 3.47. The summed E-state index contributed by atoms with van der Waals surface area (Å²) >= 11 is 0. The topological polar surface area (TPSA) is 65.8 Å². The molecule has 6 nitrogen and oxygen atoms in total. The summed E-state index contributed by atoms with van der Waals surface area (Å²) in [5.41, 5.74) is 5.48. The fourth-order valence-electron chi connectivity index (χ4n) is 6.99. The van der Waals surface area contributed by atoms with Crippen molar-refractivity contribution in [2.45, 2.75) is 57.8 Å². The molecule has 2 aromatic rings. The number of benzene rings is 1. The van der Waals surface area contributed by atoms with Gasteiger partial charge in [0.25, 0.3) is 5.56 Å². The molecule has 0 saturated carbocycles. The van der Waals surface area contributed by atoms with E-state index in [9.17, 15) is 14.7 Å². The first kappa shape index (κ1) is 21.8. The van der Waals surface area contributed by atoms with E-state index in [1.807, 2.05) is 21.6 Å². The van der Waals surface area contributed by atoms with Crippen molar-refractivity contribution >= 4 is 11.5 Å². The first-order chi connectivity index (χ1) is 16.6. The third-order valence-corrected chi connectivity index (χ3v) is 8.65. The van der Waals surface area contributed by atoms with Crippen molar-refractivity contribution in [1.82, 2.24) is 14.4 Å². The van der Waals surface area contributed by atoms with Crippen LogP contribution in [0.25, 0.3) is 5.57 Å². The first-order valence-electron chi connectivity index (χ1n) is 12.8. The van der Waals surface area contributed by atoms with E-state index in [1.54, 1.807) is 0 Å². The highest BCUT2D eigenvalue weighted by atomic mass is 16.3. The Morgan fingerprint density at radius 3 is 2.68 bits per heavy atom. The Labute approximate surface area is 200 Å². The van der Waals surface area contributed by atoms with Crippen LogP contribution in [0.2, 0.25) is 0 Å². The molecule has 1 amide bonds. The minimum atomic E-state index is -0.343. The summed E-state index contributed by atoms with van der Waals surface area (Å²) < 4.78 is 1.91. The molecule has 1 N–H and O–H groups in total. The maximum absolute atomic E-state index is 14.0. The van der Waals surface area contributed by atoms with E-state index >= 15 is 0 Å². The van der Waals surface area contributed by atoms with Gasteiger partial charge < -0.3 is 14.6 Å². The Hall–Kier alpha value is -2.70. The zero-order chi connectivity index (χ0) is 23.4. The number of amides is 1. The molecule has 1 aromatic heterocycles. The van der Waals surface area contributed by atoms with Crippen molar-refractivity contribution in [1.29, 1.82) is 0 Å². The molecule has 34 heavy (non-hydrogen) atoms. The van der Waals surface area contributed by atoms with E-state index < -0.39 is 0 Å². The molecule has 1 aliphatic carbocycles. The third kappa shape index (κ3) is 3.23. The third-order valence-electron chi connectivity index (χ3n) is 8.65. The number of aliphatic hydroxyl groups is 1. The van der Waals surface area contributed by atoms with Crippen molar-refractivity contribution in [3.63, 3.8) is 0 Å². The van der Waals surface area contributed by atoms with Gasteiger partial charge in [-0.1, -0.05) is 37.3 Å². The number of aromatic nitrogens is 1. The van der Waals surface area contributed by atoms with Crippen LogP contribution in [-0.2, 0) is 24.3 Å². The minimum Gasteiger partial charge on any atom is -0.396 e. The number of nitrogens with zero attached hydrogens (tertiary/aromatic N) is 3. The van der Waals surface area contributed by atoms with Crippen LogP contribution in [0, 0.1) is 11.8 Å². The maximum atomic E-state index is 14.0. The number of allylic oxidation sites excluding steroid dienone is 2. The van der Waals surface area contributed by atoms with Crippen molar-refractivity contribution in [3.8, 4) is 0 Å². The minimum absolute atomic E-state index is 0.0102. The zero-order valence-corrected chi connectivity index (χ0v) is 19.8. The lowest BCUT2D eigenvalue weighted by Crippen LogP contribution is -2.47. The normalized spacial score (nSPS) is 27.9. The highest BCUT2D eigenvalue weighted by molar-refractivity contribution is 5.81. The molecule has 4 heterocycles. The van der Waals surface area contributed by atoms with Gasteiger partial charge in [-0.3, -0.25) is 14.5 Å². The Bertz CT molecular complexity index is 1220. The molecule has 1 fully saturated rings. The van der Waals surface area contributed by atoms with E-state index in [2.05, 4.69) is 42.2 Å². The second-order valence-electron chi connectivity index (χ2n) is 10.2. The van der Waals surface area contributed by atoms with Gasteiger partial charge in [-0.15, -0.1) is 0 Å². The molecule has 2 bridgehead atoms. The van der Waals surface area contributed by atoms with Crippen LogP contribution in [0.5, 0.6) is 0 Å². The Balaban J connectivity index is 1.39. The highest BCUT2D eigenvalue weighted by Crippen LogP contribution is 2.49. The van der Waals surface area contributed by atoms with E-state index in [0.29, 0.717) is 19.6 Å². The molecule has 0 unspecified atom stereocenters. The van der Waals surface area contributed by atoms with Gasteiger partial charge in [0, 0.05) is 49.5 Å². The Kier molecular flexibility index (Phi) is 5.46. The molecule has 178 valence electrons. The predicted molar refractivity (Wildman–Crippen MR) is 131 cm³/mol. The number of fused-ring (bicyclic) bond motifs is 5. The average molecular weight is 460 g/mol. The van der Waals surface area contributed by atoms with Crippen molar-refractivity contribution in [3.05, 3.63) is 75.2 Å². The molecule has 1 saturated heterocycles. The van der Waals surface area contributed by atoms with Crippen molar-refractivity contribution in [2.24, 2.45) is 11.8 Å². The number of pyridine rings is 1. The van der Waals surface area contributed by atoms with Crippen LogP contribution in [-0.4, -0.2) is 51.1 Å². The van der Waals surface area contributed by atoms with Gasteiger partial charge in [-0.25, -0.2) is 0 Å². The summed E-state index contributed by atoms with van der Waals surface area (Å²) in [6.07, 6.45) is 6.15. The van der Waals surface area contributed by atoms with E-state index in [4.69, 9.17) is 0 Å². The highest BCUT2D eigenvalue weighted by Gasteiger charge is 2.56. The molecule has 6 rings (SSSR count). The van der Waals surface area contributed by atoms with Gasteiger partial charge in [0.2, 0.25) is 5.91 Å². The van der Waals surface area contributed by atoms with Crippen LogP contribution in [0.3, 0.4) is 0 Å². The maximum Gasteiger partial charge on any atom is 0.258 e. The second-order valence-corrected chi connectivity index (χ2v) is 10.2. The summed E-state index contributed by atoms with van der Waals surface area (Å²) in [5, 5.41) is 10.5. The molecule has 0 spiro atoms. The monoisotopic (exact) mass is 459 g/mol. The molecule has 0 radical (unpaired) electrons. The van der Waals surface area contributed by atoms with Gasteiger partial charge in [-0.05, 0) is 61.1 Å². The van der Waals surface area contributed by atoms with Crippen molar-refractivity contribution < 1.29 is 9.90 Å². The standard InChI is InChI=1S/C28H33N3O3/c1-2-30-24-16-31-23(12-11-21(27(31)33)19-8-4-5-9-19)26(30)25(22(24)17-32)28(34)29-14-13-18-7-3-6-10-20(18)15-29/h3,6-8,10-12,22,24-26,32H,2,4-5,9,13-17H2,1H3/t22-,24-,25+,26+/m1/s1. The summed E-state index contributed by atoms with van der Waals surface area (Å²) in [6, 6.07) is 12.2. The summed E-state index contributed by atoms with van der Waals surface area (Å²) in [7, 11) is 0. The number of hydrogen-bond donors (Lipinski definition) is 1. The molecule has 4 atom stereocenters. The molecule has 4 aliphatic rings.